The summed E-state index contributed by atoms with van der Waals surface area (Å²) in [6, 6.07) is 0. The largest absolute Gasteiger partial charge is 0.462 e. The molecule has 0 fully saturated rings. The fourth-order valence-corrected chi connectivity index (χ4v) is 10.5. The molecular formula is C70H132O6. The maximum atomic E-state index is 12.9. The van der Waals surface area contributed by atoms with Gasteiger partial charge in [-0.1, -0.05) is 321 Å². The topological polar surface area (TPSA) is 78.9 Å². The molecule has 76 heavy (non-hydrogen) atoms. The van der Waals surface area contributed by atoms with Crippen LogP contribution in [0.5, 0.6) is 0 Å². The third-order valence-corrected chi connectivity index (χ3v) is 15.7. The van der Waals surface area contributed by atoms with Crippen molar-refractivity contribution in [3.8, 4) is 0 Å². The van der Waals surface area contributed by atoms with Crippen molar-refractivity contribution in [1.82, 2.24) is 0 Å². The van der Waals surface area contributed by atoms with Gasteiger partial charge >= 0.3 is 17.9 Å². The van der Waals surface area contributed by atoms with Crippen molar-refractivity contribution in [3.63, 3.8) is 0 Å². The molecule has 1 atom stereocenters. The van der Waals surface area contributed by atoms with Crippen LogP contribution < -0.4 is 0 Å². The Balaban J connectivity index is 4.26. The Kier molecular flexibility index (Phi) is 63.6. The SMILES string of the molecule is CCCCCCC/C=C\CCCCCCCC(=O)OCC(COC(=O)CCCCCCCCCCCCC/C=C\CCCCCCCCCC)OC(=O)CCCCCCCCCCCCCCCCCCCCCCC. The summed E-state index contributed by atoms with van der Waals surface area (Å²) in [5.74, 6) is -0.848. The number of allylic oxidation sites excluding steroid dienone is 4. The molecule has 0 aliphatic carbocycles. The van der Waals surface area contributed by atoms with Gasteiger partial charge in [-0.2, -0.15) is 0 Å². The van der Waals surface area contributed by atoms with Crippen LogP contribution in [0.15, 0.2) is 24.3 Å². The molecule has 0 bridgehead atoms. The second-order valence-corrected chi connectivity index (χ2v) is 23.4. The molecule has 0 heterocycles. The molecule has 6 nitrogen and oxygen atoms in total. The van der Waals surface area contributed by atoms with Crippen molar-refractivity contribution in [1.29, 1.82) is 0 Å². The number of ether oxygens (including phenoxy) is 3. The Bertz CT molecular complexity index is 1230. The van der Waals surface area contributed by atoms with E-state index in [1.807, 2.05) is 0 Å². The summed E-state index contributed by atoms with van der Waals surface area (Å²) in [6.45, 7) is 6.70. The number of carbonyl (C=O) groups excluding carboxylic acids is 3. The van der Waals surface area contributed by atoms with Crippen molar-refractivity contribution in [3.05, 3.63) is 24.3 Å². The van der Waals surface area contributed by atoms with Crippen LogP contribution in [0.2, 0.25) is 0 Å². The first-order chi connectivity index (χ1) is 37.5. The standard InChI is InChI=1S/C70H132O6/c1-4-7-10-13-16-19-22-25-28-30-32-34-35-37-38-40-42-45-48-51-54-57-60-63-69(72)75-66-67(65-74-68(71)62-59-56-53-50-47-44-27-24-21-18-15-12-9-6-3)76-70(73)64-61-58-55-52-49-46-43-41-39-36-33-31-29-26-23-20-17-14-11-8-5-2/h24,27,30,32,67H,4-23,25-26,28-29,31,33-66H2,1-3H3/b27-24-,32-30-. The summed E-state index contributed by atoms with van der Waals surface area (Å²) in [7, 11) is 0. The van der Waals surface area contributed by atoms with E-state index in [0.29, 0.717) is 19.3 Å². The highest BCUT2D eigenvalue weighted by Gasteiger charge is 2.19. The Morgan fingerprint density at radius 1 is 0.250 bits per heavy atom. The van der Waals surface area contributed by atoms with E-state index in [0.717, 1.165) is 64.2 Å². The molecule has 448 valence electrons. The predicted molar refractivity (Wildman–Crippen MR) is 330 cm³/mol. The van der Waals surface area contributed by atoms with Gasteiger partial charge in [0.05, 0.1) is 0 Å². The number of carbonyl (C=O) groups is 3. The van der Waals surface area contributed by atoms with E-state index < -0.39 is 6.10 Å². The molecule has 0 saturated heterocycles. The first-order valence-electron chi connectivity index (χ1n) is 34.3. The zero-order valence-corrected chi connectivity index (χ0v) is 51.6. The van der Waals surface area contributed by atoms with Crippen LogP contribution in [0.25, 0.3) is 0 Å². The Morgan fingerprint density at radius 3 is 0.658 bits per heavy atom. The first-order valence-corrected chi connectivity index (χ1v) is 34.3. The van der Waals surface area contributed by atoms with E-state index in [4.69, 9.17) is 14.2 Å². The molecule has 0 saturated carbocycles. The average molecular weight is 1070 g/mol. The summed E-state index contributed by atoms with van der Waals surface area (Å²) < 4.78 is 17.0. The van der Waals surface area contributed by atoms with Gasteiger partial charge in [-0.15, -0.1) is 0 Å². The second kappa shape index (κ2) is 65.4. The van der Waals surface area contributed by atoms with Gasteiger partial charge in [-0.3, -0.25) is 14.4 Å². The molecular weight excluding hydrogens is 937 g/mol. The fraction of sp³-hybridized carbons (Fsp3) is 0.900. The van der Waals surface area contributed by atoms with Crippen molar-refractivity contribution < 1.29 is 28.6 Å². The fourth-order valence-electron chi connectivity index (χ4n) is 10.5. The Morgan fingerprint density at radius 2 is 0.434 bits per heavy atom. The lowest BCUT2D eigenvalue weighted by molar-refractivity contribution is -0.167. The average Bonchev–Trinajstić information content (AvgIpc) is 3.42. The number of hydrogen-bond donors (Lipinski definition) is 0. The molecule has 0 amide bonds. The molecule has 0 aromatic carbocycles. The maximum absolute atomic E-state index is 12.9. The molecule has 0 aliphatic rings. The molecule has 6 heteroatoms. The number of esters is 3. The summed E-state index contributed by atoms with van der Waals surface area (Å²) in [5, 5.41) is 0. The van der Waals surface area contributed by atoms with Crippen molar-refractivity contribution in [2.75, 3.05) is 13.2 Å². The molecule has 0 aromatic heterocycles. The lowest BCUT2D eigenvalue weighted by atomic mass is 10.0. The Hall–Kier alpha value is -2.11. The van der Waals surface area contributed by atoms with E-state index in [9.17, 15) is 14.4 Å². The zero-order chi connectivity index (χ0) is 55.0. The van der Waals surface area contributed by atoms with Crippen molar-refractivity contribution in [2.45, 2.75) is 393 Å². The van der Waals surface area contributed by atoms with E-state index in [1.165, 1.54) is 283 Å². The highest BCUT2D eigenvalue weighted by molar-refractivity contribution is 5.71. The Labute approximate surface area is 474 Å². The van der Waals surface area contributed by atoms with Gasteiger partial charge in [0, 0.05) is 19.3 Å². The van der Waals surface area contributed by atoms with Crippen molar-refractivity contribution in [2.24, 2.45) is 0 Å². The third kappa shape index (κ3) is 62.7. The van der Waals surface area contributed by atoms with Crippen LogP contribution in [0.1, 0.15) is 387 Å². The summed E-state index contributed by atoms with van der Waals surface area (Å²) in [4.78, 5) is 38.4. The third-order valence-electron chi connectivity index (χ3n) is 15.7. The van der Waals surface area contributed by atoms with Crippen LogP contribution in [0.3, 0.4) is 0 Å². The molecule has 0 rings (SSSR count). The van der Waals surface area contributed by atoms with E-state index in [2.05, 4.69) is 45.1 Å². The summed E-state index contributed by atoms with van der Waals surface area (Å²) in [5.41, 5.74) is 0. The lowest BCUT2D eigenvalue weighted by Gasteiger charge is -2.18. The first kappa shape index (κ1) is 73.9. The molecule has 0 aromatic rings. The number of unbranched alkanes of at least 4 members (excludes halogenated alkanes) is 49. The van der Waals surface area contributed by atoms with Crippen LogP contribution >= 0.6 is 0 Å². The van der Waals surface area contributed by atoms with Gasteiger partial charge in [0.2, 0.25) is 0 Å². The number of rotatable bonds is 64. The highest BCUT2D eigenvalue weighted by atomic mass is 16.6. The number of hydrogen-bond acceptors (Lipinski definition) is 6. The summed E-state index contributed by atoms with van der Waals surface area (Å²) in [6.07, 6.45) is 79.1. The predicted octanol–water partition coefficient (Wildman–Crippen LogP) is 23.4. The van der Waals surface area contributed by atoms with Gasteiger partial charge in [-0.05, 0) is 70.6 Å². The zero-order valence-electron chi connectivity index (χ0n) is 51.6. The quantitative estimate of drug-likeness (QED) is 0.0261. The monoisotopic (exact) mass is 1070 g/mol. The van der Waals surface area contributed by atoms with Gasteiger partial charge in [0.25, 0.3) is 0 Å². The van der Waals surface area contributed by atoms with E-state index >= 15 is 0 Å². The minimum Gasteiger partial charge on any atom is -0.462 e. The normalized spacial score (nSPS) is 12.1. The maximum Gasteiger partial charge on any atom is 0.306 e. The van der Waals surface area contributed by atoms with Crippen molar-refractivity contribution >= 4 is 17.9 Å². The molecule has 0 aliphatic heterocycles. The molecule has 0 N–H and O–H groups in total. The van der Waals surface area contributed by atoms with Gasteiger partial charge in [-0.25, -0.2) is 0 Å². The summed E-state index contributed by atoms with van der Waals surface area (Å²) >= 11 is 0. The molecule has 0 spiro atoms. The van der Waals surface area contributed by atoms with Crippen LogP contribution in [-0.2, 0) is 28.6 Å². The van der Waals surface area contributed by atoms with Gasteiger partial charge in [0.1, 0.15) is 13.2 Å². The van der Waals surface area contributed by atoms with Crippen LogP contribution in [0, 0.1) is 0 Å². The lowest BCUT2D eigenvalue weighted by Crippen LogP contribution is -2.30. The van der Waals surface area contributed by atoms with E-state index in [-0.39, 0.29) is 31.1 Å². The van der Waals surface area contributed by atoms with Gasteiger partial charge in [0.15, 0.2) is 6.10 Å². The van der Waals surface area contributed by atoms with E-state index in [1.54, 1.807) is 0 Å². The minimum absolute atomic E-state index is 0.0689. The molecule has 0 radical (unpaired) electrons. The van der Waals surface area contributed by atoms with Crippen LogP contribution in [0.4, 0.5) is 0 Å². The second-order valence-electron chi connectivity index (χ2n) is 23.4. The minimum atomic E-state index is -0.772. The highest BCUT2D eigenvalue weighted by Crippen LogP contribution is 2.18. The van der Waals surface area contributed by atoms with Crippen LogP contribution in [-0.4, -0.2) is 37.2 Å². The smallest absolute Gasteiger partial charge is 0.306 e. The molecule has 1 unspecified atom stereocenters. The van der Waals surface area contributed by atoms with Gasteiger partial charge < -0.3 is 14.2 Å².